The van der Waals surface area contributed by atoms with Gasteiger partial charge in [-0.1, -0.05) is 20.3 Å². The molecular formula is C15H30N2O3S. The van der Waals surface area contributed by atoms with Crippen LogP contribution in [0.1, 0.15) is 52.4 Å². The summed E-state index contributed by atoms with van der Waals surface area (Å²) in [6.07, 6.45) is 7.03. The second-order valence-corrected chi connectivity index (χ2v) is 7.03. The third-order valence-corrected chi connectivity index (χ3v) is 4.11. The van der Waals surface area contributed by atoms with Gasteiger partial charge in [-0.2, -0.15) is 11.8 Å². The van der Waals surface area contributed by atoms with Gasteiger partial charge >= 0.3 is 12.0 Å². The number of carbonyl (C=O) groups is 2. The normalized spacial score (nSPS) is 11.2. The highest BCUT2D eigenvalue weighted by atomic mass is 32.2. The largest absolute Gasteiger partial charge is 0.481 e. The highest BCUT2D eigenvalue weighted by molar-refractivity contribution is 7.98. The molecule has 6 heteroatoms. The van der Waals surface area contributed by atoms with E-state index >= 15 is 0 Å². The van der Waals surface area contributed by atoms with E-state index in [2.05, 4.69) is 16.9 Å². The van der Waals surface area contributed by atoms with Crippen LogP contribution in [0.25, 0.3) is 0 Å². The standard InChI is InChI=1S/C15H30N2O3S/c1-15(2,8-7-13(18)19)9-11-17-14(20)16-10-5-4-6-12-21-3/h4-12H2,1-3H3,(H,18,19)(H2,16,17,20). The second kappa shape index (κ2) is 11.7. The topological polar surface area (TPSA) is 78.4 Å². The number of hydrogen-bond donors (Lipinski definition) is 3. The Labute approximate surface area is 132 Å². The van der Waals surface area contributed by atoms with Crippen LogP contribution >= 0.6 is 11.8 Å². The lowest BCUT2D eigenvalue weighted by atomic mass is 9.84. The molecule has 0 unspecified atom stereocenters. The van der Waals surface area contributed by atoms with E-state index in [4.69, 9.17) is 5.11 Å². The molecule has 2 amide bonds. The van der Waals surface area contributed by atoms with Crippen molar-refractivity contribution in [1.82, 2.24) is 10.6 Å². The van der Waals surface area contributed by atoms with Gasteiger partial charge < -0.3 is 15.7 Å². The summed E-state index contributed by atoms with van der Waals surface area (Å²) in [6, 6.07) is -0.131. The smallest absolute Gasteiger partial charge is 0.314 e. The number of rotatable bonds is 12. The Hall–Kier alpha value is -0.910. The molecule has 3 N–H and O–H groups in total. The van der Waals surface area contributed by atoms with Crippen LogP contribution in [0.4, 0.5) is 4.79 Å². The first kappa shape index (κ1) is 20.1. The maximum atomic E-state index is 11.6. The van der Waals surface area contributed by atoms with E-state index in [1.807, 2.05) is 25.6 Å². The minimum atomic E-state index is -0.768. The van der Waals surface area contributed by atoms with E-state index in [-0.39, 0.29) is 17.9 Å². The molecule has 0 rings (SSSR count). The molecule has 21 heavy (non-hydrogen) atoms. The summed E-state index contributed by atoms with van der Waals surface area (Å²) >= 11 is 1.85. The van der Waals surface area contributed by atoms with Gasteiger partial charge in [0.25, 0.3) is 0 Å². The van der Waals surface area contributed by atoms with Crippen molar-refractivity contribution in [2.45, 2.75) is 52.4 Å². The number of amides is 2. The highest BCUT2D eigenvalue weighted by Gasteiger charge is 2.19. The van der Waals surface area contributed by atoms with Crippen molar-refractivity contribution in [1.29, 1.82) is 0 Å². The zero-order chi connectivity index (χ0) is 16.1. The molecule has 124 valence electrons. The molecule has 0 aliphatic carbocycles. The third-order valence-electron chi connectivity index (χ3n) is 3.41. The minimum absolute atomic E-state index is 0.0660. The summed E-state index contributed by atoms with van der Waals surface area (Å²) in [7, 11) is 0. The molecule has 0 saturated carbocycles. The summed E-state index contributed by atoms with van der Waals surface area (Å²) in [5, 5.41) is 14.4. The van der Waals surface area contributed by atoms with Crippen LogP contribution in [-0.2, 0) is 4.79 Å². The fourth-order valence-corrected chi connectivity index (χ4v) is 2.39. The van der Waals surface area contributed by atoms with Crippen LogP contribution in [0.2, 0.25) is 0 Å². The van der Waals surface area contributed by atoms with Crippen LogP contribution in [0.3, 0.4) is 0 Å². The number of carbonyl (C=O) groups excluding carboxylic acids is 1. The quantitative estimate of drug-likeness (QED) is 0.483. The van der Waals surface area contributed by atoms with Gasteiger partial charge in [0.05, 0.1) is 0 Å². The Bertz CT molecular complexity index is 309. The van der Waals surface area contributed by atoms with Crippen LogP contribution in [0.15, 0.2) is 0 Å². The molecule has 0 saturated heterocycles. The maximum absolute atomic E-state index is 11.6. The van der Waals surface area contributed by atoms with Crippen molar-refractivity contribution in [3.8, 4) is 0 Å². The fourth-order valence-electron chi connectivity index (χ4n) is 1.90. The first-order valence-corrected chi connectivity index (χ1v) is 8.99. The van der Waals surface area contributed by atoms with Gasteiger partial charge in [0.2, 0.25) is 0 Å². The summed E-state index contributed by atoms with van der Waals surface area (Å²) in [4.78, 5) is 22.1. The molecule has 0 atom stereocenters. The molecular weight excluding hydrogens is 288 g/mol. The SMILES string of the molecule is CSCCCCCNC(=O)NCCC(C)(C)CCC(=O)O. The Morgan fingerprint density at radius 3 is 2.33 bits per heavy atom. The Kier molecular flexibility index (Phi) is 11.2. The van der Waals surface area contributed by atoms with Gasteiger partial charge in [-0.15, -0.1) is 0 Å². The van der Waals surface area contributed by atoms with E-state index < -0.39 is 5.97 Å². The number of unbranched alkanes of at least 4 members (excludes halogenated alkanes) is 2. The molecule has 0 aromatic carbocycles. The molecule has 0 radical (unpaired) electrons. The van der Waals surface area contributed by atoms with Crippen LogP contribution in [0.5, 0.6) is 0 Å². The van der Waals surface area contributed by atoms with Crippen LogP contribution < -0.4 is 10.6 Å². The lowest BCUT2D eigenvalue weighted by Crippen LogP contribution is -2.37. The average Bonchev–Trinajstić information content (AvgIpc) is 2.40. The number of carboxylic acids is 1. The molecule has 0 heterocycles. The van der Waals surface area contributed by atoms with Crippen LogP contribution in [-0.4, -0.2) is 42.2 Å². The van der Waals surface area contributed by atoms with Crippen molar-refractivity contribution in [3.63, 3.8) is 0 Å². The highest BCUT2D eigenvalue weighted by Crippen LogP contribution is 2.25. The van der Waals surface area contributed by atoms with Gasteiger partial charge in [0.15, 0.2) is 0 Å². The zero-order valence-corrected chi connectivity index (χ0v) is 14.4. The number of urea groups is 1. The molecule has 0 aliphatic heterocycles. The van der Waals surface area contributed by atoms with Crippen molar-refractivity contribution in [2.75, 3.05) is 25.1 Å². The van der Waals surface area contributed by atoms with Crippen molar-refractivity contribution in [3.05, 3.63) is 0 Å². The monoisotopic (exact) mass is 318 g/mol. The van der Waals surface area contributed by atoms with E-state index in [9.17, 15) is 9.59 Å². The molecule has 0 bridgehead atoms. The number of carboxylic acid groups (broad SMARTS) is 1. The summed E-state index contributed by atoms with van der Waals surface area (Å²) < 4.78 is 0. The first-order valence-electron chi connectivity index (χ1n) is 7.60. The van der Waals surface area contributed by atoms with Gasteiger partial charge in [0.1, 0.15) is 0 Å². The molecule has 0 aliphatic rings. The van der Waals surface area contributed by atoms with E-state index in [1.165, 1.54) is 12.2 Å². The predicted octanol–water partition coefficient (Wildman–Crippen LogP) is 3.10. The van der Waals surface area contributed by atoms with E-state index in [0.29, 0.717) is 19.5 Å². The van der Waals surface area contributed by atoms with E-state index in [1.54, 1.807) is 0 Å². The third kappa shape index (κ3) is 13.8. The summed E-state index contributed by atoms with van der Waals surface area (Å²) in [5.41, 5.74) is -0.0660. The number of thioether (sulfide) groups is 1. The van der Waals surface area contributed by atoms with Gasteiger partial charge in [-0.05, 0) is 43.1 Å². The van der Waals surface area contributed by atoms with Gasteiger partial charge in [-0.3, -0.25) is 4.79 Å². The molecule has 0 fully saturated rings. The number of hydrogen-bond acceptors (Lipinski definition) is 3. The second-order valence-electron chi connectivity index (χ2n) is 6.04. The summed E-state index contributed by atoms with van der Waals surface area (Å²) in [6.45, 7) is 5.34. The molecule has 0 spiro atoms. The summed E-state index contributed by atoms with van der Waals surface area (Å²) in [5.74, 6) is 0.410. The number of nitrogens with one attached hydrogen (secondary N) is 2. The van der Waals surface area contributed by atoms with Crippen molar-refractivity contribution >= 4 is 23.8 Å². The molecule has 0 aromatic heterocycles. The van der Waals surface area contributed by atoms with Crippen LogP contribution in [0, 0.1) is 5.41 Å². The Morgan fingerprint density at radius 2 is 1.71 bits per heavy atom. The Morgan fingerprint density at radius 1 is 1.05 bits per heavy atom. The molecule has 0 aromatic rings. The molecule has 5 nitrogen and oxygen atoms in total. The lowest BCUT2D eigenvalue weighted by molar-refractivity contribution is -0.137. The Balaban J connectivity index is 3.58. The fraction of sp³-hybridized carbons (Fsp3) is 0.867. The lowest BCUT2D eigenvalue weighted by Gasteiger charge is -2.23. The average molecular weight is 318 g/mol. The van der Waals surface area contributed by atoms with Gasteiger partial charge in [-0.25, -0.2) is 4.79 Å². The zero-order valence-electron chi connectivity index (χ0n) is 13.5. The maximum Gasteiger partial charge on any atom is 0.314 e. The van der Waals surface area contributed by atoms with E-state index in [0.717, 1.165) is 19.3 Å². The minimum Gasteiger partial charge on any atom is -0.481 e. The predicted molar refractivity (Wildman–Crippen MR) is 88.9 cm³/mol. The number of aliphatic carboxylic acids is 1. The van der Waals surface area contributed by atoms with Crippen molar-refractivity contribution in [2.24, 2.45) is 5.41 Å². The van der Waals surface area contributed by atoms with Crippen molar-refractivity contribution < 1.29 is 14.7 Å². The van der Waals surface area contributed by atoms with Gasteiger partial charge in [0, 0.05) is 19.5 Å². The first-order chi connectivity index (χ1) is 9.87.